The van der Waals surface area contributed by atoms with Crippen LogP contribution in [0.2, 0.25) is 0 Å². The molecule has 2 aromatic carbocycles. The van der Waals surface area contributed by atoms with Crippen molar-refractivity contribution in [1.82, 2.24) is 4.98 Å². The summed E-state index contributed by atoms with van der Waals surface area (Å²) in [7, 11) is 0. The molecule has 0 saturated heterocycles. The Labute approximate surface area is 161 Å². The van der Waals surface area contributed by atoms with Crippen LogP contribution in [0.15, 0.2) is 41.8 Å². The average Bonchev–Trinajstić information content (AvgIpc) is 3.23. The Hall–Kier alpha value is -2.73. The first-order valence-corrected chi connectivity index (χ1v) is 10.1. The minimum Gasteiger partial charge on any atom is -0.486 e. The first kappa shape index (κ1) is 16.4. The molecular weight excluding hydrogens is 360 g/mol. The van der Waals surface area contributed by atoms with Gasteiger partial charge >= 0.3 is 0 Å². The van der Waals surface area contributed by atoms with Crippen molar-refractivity contribution in [1.29, 1.82) is 0 Å². The molecule has 27 heavy (non-hydrogen) atoms. The third kappa shape index (κ3) is 3.10. The molecule has 0 bridgehead atoms. The van der Waals surface area contributed by atoms with Gasteiger partial charge in [-0.25, -0.2) is 4.98 Å². The van der Waals surface area contributed by atoms with Crippen molar-refractivity contribution in [2.45, 2.75) is 19.4 Å². The number of hydrogen-bond acceptors (Lipinski definition) is 6. The second-order valence-corrected chi connectivity index (χ2v) is 7.49. The Morgan fingerprint density at radius 1 is 1.04 bits per heavy atom. The Bertz CT molecular complexity index is 985. The van der Waals surface area contributed by atoms with E-state index in [9.17, 15) is 0 Å². The van der Waals surface area contributed by atoms with Gasteiger partial charge in [-0.3, -0.25) is 0 Å². The van der Waals surface area contributed by atoms with Crippen LogP contribution in [-0.4, -0.2) is 30.8 Å². The molecule has 1 atom stereocenters. The third-order valence-electron chi connectivity index (χ3n) is 4.84. The predicted molar refractivity (Wildman–Crippen MR) is 107 cm³/mol. The molecule has 0 amide bonds. The predicted octanol–water partition coefficient (Wildman–Crippen LogP) is 4.83. The number of benzene rings is 2. The van der Waals surface area contributed by atoms with Gasteiger partial charge < -0.3 is 19.5 Å². The minimum absolute atomic E-state index is 0.241. The lowest BCUT2D eigenvalue weighted by Gasteiger charge is -2.26. The van der Waals surface area contributed by atoms with Gasteiger partial charge in [0.15, 0.2) is 11.5 Å². The van der Waals surface area contributed by atoms with Gasteiger partial charge in [0.1, 0.15) is 30.1 Å². The van der Waals surface area contributed by atoms with Crippen LogP contribution in [-0.2, 0) is 0 Å². The average molecular weight is 380 g/mol. The van der Waals surface area contributed by atoms with Gasteiger partial charge in [-0.05, 0) is 42.8 Å². The molecular formula is C21H20N2O3S. The van der Waals surface area contributed by atoms with Crippen LogP contribution < -0.4 is 19.5 Å². The number of ether oxygens (including phenoxy) is 3. The fourth-order valence-corrected chi connectivity index (χ4v) is 4.14. The van der Waals surface area contributed by atoms with Crippen LogP contribution in [0.3, 0.4) is 0 Å². The van der Waals surface area contributed by atoms with Crippen LogP contribution in [0.4, 0.5) is 5.69 Å². The quantitative estimate of drug-likeness (QED) is 0.705. The summed E-state index contributed by atoms with van der Waals surface area (Å²) >= 11 is 1.64. The molecule has 1 unspecified atom stereocenters. The summed E-state index contributed by atoms with van der Waals surface area (Å²) in [5.74, 6) is 2.50. The number of thiazole rings is 1. The molecule has 3 heterocycles. The van der Waals surface area contributed by atoms with Crippen LogP contribution in [0.25, 0.3) is 21.8 Å². The van der Waals surface area contributed by atoms with E-state index in [4.69, 9.17) is 19.2 Å². The fourth-order valence-electron chi connectivity index (χ4n) is 3.32. The van der Waals surface area contributed by atoms with Crippen molar-refractivity contribution in [2.75, 3.05) is 25.1 Å². The number of nitrogens with zero attached hydrogens (tertiary/aromatic N) is 1. The van der Waals surface area contributed by atoms with E-state index in [0.717, 1.165) is 57.7 Å². The molecule has 0 spiro atoms. The maximum absolute atomic E-state index is 5.99. The van der Waals surface area contributed by atoms with Gasteiger partial charge in [0.2, 0.25) is 0 Å². The zero-order valence-corrected chi connectivity index (χ0v) is 15.8. The maximum atomic E-state index is 5.99. The molecule has 0 aliphatic carbocycles. The Balaban J connectivity index is 1.43. The molecule has 5 nitrogen and oxygen atoms in total. The molecule has 1 N–H and O–H groups in total. The number of hydrogen-bond donors (Lipinski definition) is 1. The molecule has 0 saturated carbocycles. The van der Waals surface area contributed by atoms with Crippen molar-refractivity contribution in [3.05, 3.63) is 41.8 Å². The van der Waals surface area contributed by atoms with Gasteiger partial charge in [-0.15, -0.1) is 11.3 Å². The van der Waals surface area contributed by atoms with E-state index >= 15 is 0 Å². The van der Waals surface area contributed by atoms with E-state index in [1.165, 1.54) is 0 Å². The molecule has 6 heteroatoms. The molecule has 2 aliphatic rings. The lowest BCUT2D eigenvalue weighted by molar-refractivity contribution is 0.171. The third-order valence-corrected chi connectivity index (χ3v) is 5.73. The monoisotopic (exact) mass is 380 g/mol. The van der Waals surface area contributed by atoms with Crippen molar-refractivity contribution in [3.63, 3.8) is 0 Å². The Morgan fingerprint density at radius 3 is 2.74 bits per heavy atom. The normalized spacial score (nSPS) is 17.6. The van der Waals surface area contributed by atoms with Crippen LogP contribution in [0.5, 0.6) is 17.2 Å². The van der Waals surface area contributed by atoms with E-state index in [1.807, 2.05) is 24.3 Å². The summed E-state index contributed by atoms with van der Waals surface area (Å²) in [6, 6.07) is 12.2. The SMILES string of the molecule is CCC1CNc2cc(-c3nc(-c4ccc5c(c4)OCCO5)cs3)ccc2O1. The van der Waals surface area contributed by atoms with Gasteiger partial charge in [-0.2, -0.15) is 0 Å². The number of nitrogens with one attached hydrogen (secondary N) is 1. The lowest BCUT2D eigenvalue weighted by Crippen LogP contribution is -2.29. The summed E-state index contributed by atoms with van der Waals surface area (Å²) in [5.41, 5.74) is 4.11. The van der Waals surface area contributed by atoms with Crippen LogP contribution in [0, 0.1) is 0 Å². The maximum Gasteiger partial charge on any atom is 0.162 e. The highest BCUT2D eigenvalue weighted by Crippen LogP contribution is 2.38. The van der Waals surface area contributed by atoms with E-state index in [2.05, 4.69) is 29.8 Å². The number of anilines is 1. The summed E-state index contributed by atoms with van der Waals surface area (Å²) in [6.07, 6.45) is 1.24. The largest absolute Gasteiger partial charge is 0.486 e. The molecule has 138 valence electrons. The topological polar surface area (TPSA) is 52.6 Å². The molecule has 0 fully saturated rings. The van der Waals surface area contributed by atoms with E-state index in [0.29, 0.717) is 13.2 Å². The van der Waals surface area contributed by atoms with Gasteiger partial charge in [0.05, 0.1) is 17.9 Å². The molecule has 0 radical (unpaired) electrons. The van der Waals surface area contributed by atoms with E-state index in [1.54, 1.807) is 11.3 Å². The molecule has 5 rings (SSSR count). The first-order valence-electron chi connectivity index (χ1n) is 9.20. The summed E-state index contributed by atoms with van der Waals surface area (Å²) < 4.78 is 17.3. The Kier molecular flexibility index (Phi) is 4.13. The highest BCUT2D eigenvalue weighted by atomic mass is 32.1. The van der Waals surface area contributed by atoms with E-state index in [-0.39, 0.29) is 6.10 Å². The van der Waals surface area contributed by atoms with Crippen LogP contribution >= 0.6 is 11.3 Å². The first-order chi connectivity index (χ1) is 13.3. The standard InChI is InChI=1S/C21H20N2O3S/c1-2-15-11-22-16-9-14(4-5-18(16)26-15)21-23-17(12-27-21)13-3-6-19-20(10-13)25-8-7-24-19/h3-6,9-10,12,15,22H,2,7-8,11H2,1H3. The zero-order chi connectivity index (χ0) is 18.2. The second kappa shape index (κ2) is 6.78. The van der Waals surface area contributed by atoms with Gasteiger partial charge in [0, 0.05) is 16.5 Å². The number of rotatable bonds is 3. The Morgan fingerprint density at radius 2 is 1.85 bits per heavy atom. The lowest BCUT2D eigenvalue weighted by atomic mass is 10.1. The molecule has 1 aromatic heterocycles. The number of aromatic nitrogens is 1. The van der Waals surface area contributed by atoms with Crippen molar-refractivity contribution in [3.8, 4) is 39.1 Å². The smallest absolute Gasteiger partial charge is 0.162 e. The summed E-state index contributed by atoms with van der Waals surface area (Å²) in [6.45, 7) is 4.16. The van der Waals surface area contributed by atoms with Gasteiger partial charge in [-0.1, -0.05) is 6.92 Å². The zero-order valence-electron chi connectivity index (χ0n) is 15.0. The molecule has 3 aromatic rings. The van der Waals surface area contributed by atoms with Crippen molar-refractivity contribution < 1.29 is 14.2 Å². The number of fused-ring (bicyclic) bond motifs is 2. The molecule has 2 aliphatic heterocycles. The van der Waals surface area contributed by atoms with E-state index < -0.39 is 0 Å². The van der Waals surface area contributed by atoms with Crippen LogP contribution in [0.1, 0.15) is 13.3 Å². The van der Waals surface area contributed by atoms with Crippen molar-refractivity contribution in [2.24, 2.45) is 0 Å². The summed E-state index contributed by atoms with van der Waals surface area (Å²) in [5, 5.41) is 6.54. The van der Waals surface area contributed by atoms with Gasteiger partial charge in [0.25, 0.3) is 0 Å². The summed E-state index contributed by atoms with van der Waals surface area (Å²) in [4.78, 5) is 4.83. The van der Waals surface area contributed by atoms with Crippen molar-refractivity contribution >= 4 is 17.0 Å². The highest BCUT2D eigenvalue weighted by Gasteiger charge is 2.19. The fraction of sp³-hybridized carbons (Fsp3) is 0.286. The second-order valence-electron chi connectivity index (χ2n) is 6.64. The minimum atomic E-state index is 0.241. The highest BCUT2D eigenvalue weighted by molar-refractivity contribution is 7.13.